The number of carbonyl (C=O) groups is 2. The van der Waals surface area contributed by atoms with Gasteiger partial charge >= 0.3 is 5.97 Å². The van der Waals surface area contributed by atoms with E-state index in [1.165, 1.54) is 0 Å². The van der Waals surface area contributed by atoms with Gasteiger partial charge in [0.05, 0.1) is 5.41 Å². The molecule has 0 bridgehead atoms. The monoisotopic (exact) mass is 254 g/mol. The predicted octanol–water partition coefficient (Wildman–Crippen LogP) is 0.698. The molecule has 2 unspecified atom stereocenters. The molecule has 2 heterocycles. The van der Waals surface area contributed by atoms with Gasteiger partial charge in [-0.2, -0.15) is 0 Å². The minimum atomic E-state index is -0.870. The topological polar surface area (TPSA) is 69.6 Å². The summed E-state index contributed by atoms with van der Waals surface area (Å²) in [6.07, 6.45) is 2.19. The summed E-state index contributed by atoms with van der Waals surface area (Å²) in [6.45, 7) is 6.21. The van der Waals surface area contributed by atoms with Crippen LogP contribution in [0.2, 0.25) is 0 Å². The largest absolute Gasteiger partial charge is 0.480 e. The van der Waals surface area contributed by atoms with Crippen molar-refractivity contribution >= 4 is 11.9 Å². The number of rotatable bonds is 3. The maximum atomic E-state index is 12.7. The van der Waals surface area contributed by atoms with E-state index in [9.17, 15) is 14.7 Å². The average molecular weight is 254 g/mol. The number of hydrogen-bond acceptors (Lipinski definition) is 3. The van der Waals surface area contributed by atoms with Gasteiger partial charge in [0.25, 0.3) is 0 Å². The third kappa shape index (κ3) is 2.00. The lowest BCUT2D eigenvalue weighted by Crippen LogP contribution is -2.51. The Morgan fingerprint density at radius 3 is 2.67 bits per heavy atom. The fraction of sp³-hybridized carbons (Fsp3) is 0.846. The zero-order valence-corrected chi connectivity index (χ0v) is 11.1. The van der Waals surface area contributed by atoms with Crippen LogP contribution in [0.25, 0.3) is 0 Å². The smallest absolute Gasteiger partial charge is 0.326 e. The zero-order valence-electron chi connectivity index (χ0n) is 11.1. The quantitative estimate of drug-likeness (QED) is 0.778. The van der Waals surface area contributed by atoms with Crippen molar-refractivity contribution in [3.05, 3.63) is 0 Å². The molecule has 5 nitrogen and oxygen atoms in total. The first-order chi connectivity index (χ1) is 8.49. The summed E-state index contributed by atoms with van der Waals surface area (Å²) >= 11 is 0. The van der Waals surface area contributed by atoms with Crippen LogP contribution in [-0.2, 0) is 9.59 Å². The standard InChI is InChI=1S/C13H22N2O3/c1-9(2)13(5-6-14-8-13)12(18)15-7-3-4-10(15)11(16)17/h9-10,14H,3-8H2,1-2H3,(H,16,17). The SMILES string of the molecule is CC(C)C1(C(=O)N2CCCC2C(=O)O)CCNC1. The van der Waals surface area contributed by atoms with Crippen molar-refractivity contribution in [3.8, 4) is 0 Å². The number of nitrogens with zero attached hydrogens (tertiary/aromatic N) is 1. The van der Waals surface area contributed by atoms with Gasteiger partial charge in [-0.15, -0.1) is 0 Å². The first-order valence-corrected chi connectivity index (χ1v) is 6.73. The Kier molecular flexibility index (Phi) is 3.61. The highest BCUT2D eigenvalue weighted by atomic mass is 16.4. The number of amides is 1. The van der Waals surface area contributed by atoms with Crippen LogP contribution >= 0.6 is 0 Å². The van der Waals surface area contributed by atoms with E-state index in [1.807, 2.05) is 0 Å². The summed E-state index contributed by atoms with van der Waals surface area (Å²) in [5.74, 6) is -0.604. The van der Waals surface area contributed by atoms with Gasteiger partial charge in [0.2, 0.25) is 5.91 Å². The molecule has 0 aliphatic carbocycles. The molecule has 18 heavy (non-hydrogen) atoms. The van der Waals surface area contributed by atoms with Gasteiger partial charge in [0, 0.05) is 13.1 Å². The van der Waals surface area contributed by atoms with Gasteiger partial charge in [-0.25, -0.2) is 4.79 Å². The van der Waals surface area contributed by atoms with Crippen molar-refractivity contribution in [2.75, 3.05) is 19.6 Å². The van der Waals surface area contributed by atoms with E-state index in [-0.39, 0.29) is 11.8 Å². The zero-order chi connectivity index (χ0) is 13.3. The molecule has 0 radical (unpaired) electrons. The molecule has 2 aliphatic rings. The van der Waals surface area contributed by atoms with Gasteiger partial charge in [-0.05, 0) is 31.7 Å². The number of carboxylic acid groups (broad SMARTS) is 1. The van der Waals surface area contributed by atoms with Crippen LogP contribution < -0.4 is 5.32 Å². The van der Waals surface area contributed by atoms with Crippen molar-refractivity contribution in [2.24, 2.45) is 11.3 Å². The first-order valence-electron chi connectivity index (χ1n) is 6.73. The molecule has 1 amide bonds. The molecule has 0 aromatic rings. The average Bonchev–Trinajstić information content (AvgIpc) is 2.98. The highest BCUT2D eigenvalue weighted by molar-refractivity contribution is 5.88. The maximum Gasteiger partial charge on any atom is 0.326 e. The number of hydrogen-bond donors (Lipinski definition) is 2. The minimum Gasteiger partial charge on any atom is -0.480 e. The van der Waals surface area contributed by atoms with Crippen LogP contribution in [0.3, 0.4) is 0 Å². The highest BCUT2D eigenvalue weighted by Gasteiger charge is 2.49. The summed E-state index contributed by atoms with van der Waals surface area (Å²) in [5, 5.41) is 12.4. The second-order valence-electron chi connectivity index (χ2n) is 5.73. The van der Waals surface area contributed by atoms with Crippen LogP contribution in [0.1, 0.15) is 33.1 Å². The fourth-order valence-electron chi connectivity index (χ4n) is 3.19. The number of aliphatic carboxylic acids is 1. The van der Waals surface area contributed by atoms with Gasteiger partial charge in [-0.3, -0.25) is 4.79 Å². The van der Waals surface area contributed by atoms with Crippen molar-refractivity contribution in [2.45, 2.75) is 39.2 Å². The Morgan fingerprint density at radius 2 is 2.17 bits per heavy atom. The summed E-state index contributed by atoms with van der Waals surface area (Å²) in [5.41, 5.74) is -0.405. The molecule has 2 fully saturated rings. The molecule has 2 N–H and O–H groups in total. The third-order valence-electron chi connectivity index (χ3n) is 4.52. The molecule has 2 aliphatic heterocycles. The summed E-state index contributed by atoms with van der Waals surface area (Å²) < 4.78 is 0. The molecule has 5 heteroatoms. The molecular weight excluding hydrogens is 232 g/mol. The number of carbonyl (C=O) groups excluding carboxylic acids is 1. The number of carboxylic acids is 1. The van der Waals surface area contributed by atoms with Crippen molar-refractivity contribution < 1.29 is 14.7 Å². The summed E-state index contributed by atoms with van der Waals surface area (Å²) in [7, 11) is 0. The van der Waals surface area contributed by atoms with E-state index in [4.69, 9.17) is 0 Å². The van der Waals surface area contributed by atoms with E-state index >= 15 is 0 Å². The number of likely N-dealkylation sites (tertiary alicyclic amines) is 1. The molecule has 102 valence electrons. The highest BCUT2D eigenvalue weighted by Crippen LogP contribution is 2.38. The lowest BCUT2D eigenvalue weighted by atomic mass is 9.75. The van der Waals surface area contributed by atoms with Crippen LogP contribution in [0.4, 0.5) is 0 Å². The molecule has 2 atom stereocenters. The molecule has 0 spiro atoms. The number of nitrogens with one attached hydrogen (secondary N) is 1. The van der Waals surface area contributed by atoms with Crippen LogP contribution in [0.15, 0.2) is 0 Å². The lowest BCUT2D eigenvalue weighted by molar-refractivity contribution is -0.154. The van der Waals surface area contributed by atoms with Crippen molar-refractivity contribution in [1.29, 1.82) is 0 Å². The Morgan fingerprint density at radius 1 is 1.44 bits per heavy atom. The van der Waals surface area contributed by atoms with Crippen LogP contribution in [0.5, 0.6) is 0 Å². The van der Waals surface area contributed by atoms with E-state index in [2.05, 4.69) is 19.2 Å². The summed E-state index contributed by atoms with van der Waals surface area (Å²) in [6, 6.07) is -0.617. The Labute approximate surface area is 108 Å². The molecule has 0 aromatic heterocycles. The van der Waals surface area contributed by atoms with E-state index < -0.39 is 17.4 Å². The third-order valence-corrected chi connectivity index (χ3v) is 4.52. The van der Waals surface area contributed by atoms with Gasteiger partial charge < -0.3 is 15.3 Å². The molecule has 0 aromatic carbocycles. The van der Waals surface area contributed by atoms with Crippen molar-refractivity contribution in [3.63, 3.8) is 0 Å². The van der Waals surface area contributed by atoms with E-state index in [1.54, 1.807) is 4.90 Å². The fourth-order valence-corrected chi connectivity index (χ4v) is 3.19. The van der Waals surface area contributed by atoms with Crippen LogP contribution in [-0.4, -0.2) is 47.6 Å². The lowest BCUT2D eigenvalue weighted by Gasteiger charge is -2.36. The maximum absolute atomic E-state index is 12.7. The van der Waals surface area contributed by atoms with Crippen LogP contribution in [0, 0.1) is 11.3 Å². The first kappa shape index (κ1) is 13.3. The van der Waals surface area contributed by atoms with Gasteiger partial charge in [-0.1, -0.05) is 13.8 Å². The van der Waals surface area contributed by atoms with Gasteiger partial charge in [0.15, 0.2) is 0 Å². The second-order valence-corrected chi connectivity index (χ2v) is 5.73. The predicted molar refractivity (Wildman–Crippen MR) is 67.1 cm³/mol. The molecule has 2 saturated heterocycles. The normalized spacial score (nSPS) is 32.2. The molecular formula is C13H22N2O3. The Bertz CT molecular complexity index is 348. The molecule has 0 saturated carbocycles. The van der Waals surface area contributed by atoms with Crippen molar-refractivity contribution in [1.82, 2.24) is 10.2 Å². The minimum absolute atomic E-state index is 0.0346. The Hall–Kier alpha value is -1.10. The van der Waals surface area contributed by atoms with E-state index in [0.717, 1.165) is 19.4 Å². The Balaban J connectivity index is 2.21. The van der Waals surface area contributed by atoms with E-state index in [0.29, 0.717) is 19.5 Å². The molecule has 2 rings (SSSR count). The summed E-state index contributed by atoms with van der Waals surface area (Å²) in [4.78, 5) is 25.5. The second kappa shape index (κ2) is 4.88. The van der Waals surface area contributed by atoms with Gasteiger partial charge in [0.1, 0.15) is 6.04 Å².